The summed E-state index contributed by atoms with van der Waals surface area (Å²) in [6, 6.07) is 4.08. The highest BCUT2D eigenvalue weighted by Gasteiger charge is 2.16. The molecule has 0 aliphatic rings. The largest absolute Gasteiger partial charge is 0.385 e. The smallest absolute Gasteiger partial charge is 0.317 e. The van der Waals surface area contributed by atoms with E-state index in [1.165, 1.54) is 5.56 Å². The molecule has 0 radical (unpaired) electrons. The molecule has 1 heterocycles. The van der Waals surface area contributed by atoms with Crippen molar-refractivity contribution in [3.63, 3.8) is 0 Å². The Morgan fingerprint density at radius 3 is 2.95 bits per heavy atom. The van der Waals surface area contributed by atoms with Gasteiger partial charge in [-0.3, -0.25) is 4.98 Å². The van der Waals surface area contributed by atoms with E-state index in [0.717, 1.165) is 18.5 Å². The zero-order valence-corrected chi connectivity index (χ0v) is 12.8. The van der Waals surface area contributed by atoms with Crippen LogP contribution in [0, 0.1) is 6.92 Å². The maximum Gasteiger partial charge on any atom is 0.317 e. The first kappa shape index (κ1) is 16.4. The lowest BCUT2D eigenvalue weighted by atomic mass is 10.1. The minimum Gasteiger partial charge on any atom is -0.385 e. The van der Waals surface area contributed by atoms with Gasteiger partial charge in [0.25, 0.3) is 0 Å². The van der Waals surface area contributed by atoms with Crippen LogP contribution in [-0.4, -0.2) is 49.3 Å². The van der Waals surface area contributed by atoms with Gasteiger partial charge in [0.2, 0.25) is 0 Å². The van der Waals surface area contributed by atoms with E-state index in [4.69, 9.17) is 4.74 Å². The Hall–Kier alpha value is -1.62. The fraction of sp³-hybridized carbons (Fsp3) is 0.600. The van der Waals surface area contributed by atoms with E-state index in [1.807, 2.05) is 33.2 Å². The van der Waals surface area contributed by atoms with Crippen LogP contribution in [0.25, 0.3) is 0 Å². The Morgan fingerprint density at radius 1 is 1.55 bits per heavy atom. The van der Waals surface area contributed by atoms with Gasteiger partial charge in [-0.1, -0.05) is 0 Å². The van der Waals surface area contributed by atoms with Gasteiger partial charge in [-0.15, -0.1) is 0 Å². The van der Waals surface area contributed by atoms with Crippen LogP contribution in [-0.2, 0) is 11.2 Å². The van der Waals surface area contributed by atoms with Crippen molar-refractivity contribution in [1.82, 2.24) is 15.2 Å². The average molecular weight is 279 g/mol. The molecule has 1 rings (SSSR count). The molecule has 0 aromatic carbocycles. The zero-order valence-electron chi connectivity index (χ0n) is 12.8. The summed E-state index contributed by atoms with van der Waals surface area (Å²) >= 11 is 0. The number of methoxy groups -OCH3 is 1. The third-order valence-corrected chi connectivity index (χ3v) is 3.26. The summed E-state index contributed by atoms with van der Waals surface area (Å²) in [7, 11) is 3.47. The summed E-state index contributed by atoms with van der Waals surface area (Å²) in [6.45, 7) is 5.36. The van der Waals surface area contributed by atoms with Crippen LogP contribution in [0.3, 0.4) is 0 Å². The van der Waals surface area contributed by atoms with Gasteiger partial charge in [-0.05, 0) is 38.0 Å². The van der Waals surface area contributed by atoms with Crippen LogP contribution >= 0.6 is 0 Å². The summed E-state index contributed by atoms with van der Waals surface area (Å²) in [5.41, 5.74) is 2.20. The van der Waals surface area contributed by atoms with Gasteiger partial charge in [0.15, 0.2) is 0 Å². The average Bonchev–Trinajstić information content (AvgIpc) is 2.42. The fourth-order valence-corrected chi connectivity index (χ4v) is 1.89. The number of hydrogen-bond donors (Lipinski definition) is 1. The number of nitrogens with one attached hydrogen (secondary N) is 1. The third kappa shape index (κ3) is 5.57. The minimum absolute atomic E-state index is 0.0544. The molecule has 112 valence electrons. The number of nitrogens with zero attached hydrogens (tertiary/aromatic N) is 2. The zero-order chi connectivity index (χ0) is 15.0. The van der Waals surface area contributed by atoms with E-state index in [2.05, 4.69) is 16.4 Å². The van der Waals surface area contributed by atoms with Crippen LogP contribution in [0.5, 0.6) is 0 Å². The number of aromatic nitrogens is 1. The molecule has 0 aliphatic heterocycles. The summed E-state index contributed by atoms with van der Waals surface area (Å²) in [5, 5.41) is 2.88. The number of carbonyl (C=O) groups is 1. The van der Waals surface area contributed by atoms with Gasteiger partial charge < -0.3 is 15.0 Å². The quantitative estimate of drug-likeness (QED) is 0.777. The van der Waals surface area contributed by atoms with Crippen LogP contribution in [0.4, 0.5) is 4.79 Å². The molecule has 2 amide bonds. The van der Waals surface area contributed by atoms with Crippen molar-refractivity contribution in [3.8, 4) is 0 Å². The van der Waals surface area contributed by atoms with Gasteiger partial charge in [0.1, 0.15) is 0 Å². The lowest BCUT2D eigenvalue weighted by Gasteiger charge is -2.25. The second kappa shape index (κ2) is 8.53. The number of pyridine rings is 1. The maximum absolute atomic E-state index is 12.0. The lowest BCUT2D eigenvalue weighted by Crippen LogP contribution is -2.43. The van der Waals surface area contributed by atoms with Crippen molar-refractivity contribution >= 4 is 6.03 Å². The first-order chi connectivity index (χ1) is 9.54. The molecular formula is C15H25N3O2. The van der Waals surface area contributed by atoms with Crippen molar-refractivity contribution < 1.29 is 9.53 Å². The standard InChI is InChI=1S/C15H25N3O2/c1-12-6-8-16-14(10-12)11-13(2)18(3)15(19)17-7-5-9-20-4/h6,8,10,13H,5,7,9,11H2,1-4H3,(H,17,19). The van der Waals surface area contributed by atoms with Gasteiger partial charge in [-0.2, -0.15) is 0 Å². The van der Waals surface area contributed by atoms with Gasteiger partial charge in [0.05, 0.1) is 0 Å². The third-order valence-electron chi connectivity index (χ3n) is 3.26. The molecule has 0 fully saturated rings. The van der Waals surface area contributed by atoms with Crippen molar-refractivity contribution in [2.45, 2.75) is 32.7 Å². The number of rotatable bonds is 7. The van der Waals surface area contributed by atoms with Crippen LogP contribution < -0.4 is 5.32 Å². The highest BCUT2D eigenvalue weighted by Crippen LogP contribution is 2.07. The van der Waals surface area contributed by atoms with E-state index in [9.17, 15) is 4.79 Å². The second-order valence-corrected chi connectivity index (χ2v) is 5.07. The second-order valence-electron chi connectivity index (χ2n) is 5.07. The topological polar surface area (TPSA) is 54.5 Å². The molecule has 0 spiro atoms. The van der Waals surface area contributed by atoms with Gasteiger partial charge in [-0.25, -0.2) is 4.79 Å². The van der Waals surface area contributed by atoms with E-state index in [0.29, 0.717) is 13.2 Å². The van der Waals surface area contributed by atoms with Gasteiger partial charge >= 0.3 is 6.03 Å². The van der Waals surface area contributed by atoms with Gasteiger partial charge in [0, 0.05) is 51.7 Å². The SMILES string of the molecule is COCCCNC(=O)N(C)C(C)Cc1cc(C)ccn1. The summed E-state index contributed by atoms with van der Waals surface area (Å²) in [5.74, 6) is 0. The number of urea groups is 1. The Morgan fingerprint density at radius 2 is 2.30 bits per heavy atom. The highest BCUT2D eigenvalue weighted by atomic mass is 16.5. The molecule has 1 aromatic rings. The number of carbonyl (C=O) groups excluding carboxylic acids is 1. The summed E-state index contributed by atoms with van der Waals surface area (Å²) in [6.07, 6.45) is 3.38. The molecule has 0 bridgehead atoms. The Labute approximate surface area is 121 Å². The summed E-state index contributed by atoms with van der Waals surface area (Å²) in [4.78, 5) is 18.0. The molecule has 1 atom stereocenters. The molecule has 0 saturated heterocycles. The molecule has 5 heteroatoms. The van der Waals surface area contributed by atoms with Crippen LogP contribution in [0.1, 0.15) is 24.6 Å². The molecule has 0 saturated carbocycles. The van der Waals surface area contributed by atoms with E-state index in [-0.39, 0.29) is 12.1 Å². The predicted molar refractivity (Wildman–Crippen MR) is 79.8 cm³/mol. The molecule has 1 N–H and O–H groups in total. The molecule has 1 aromatic heterocycles. The van der Waals surface area contributed by atoms with Crippen LogP contribution in [0.15, 0.2) is 18.3 Å². The molecule has 1 unspecified atom stereocenters. The monoisotopic (exact) mass is 279 g/mol. The molecule has 20 heavy (non-hydrogen) atoms. The minimum atomic E-state index is -0.0544. The number of aryl methyl sites for hydroxylation is 1. The maximum atomic E-state index is 12.0. The Kier molecular flexibility index (Phi) is 7.01. The highest BCUT2D eigenvalue weighted by molar-refractivity contribution is 5.74. The summed E-state index contributed by atoms with van der Waals surface area (Å²) < 4.78 is 4.95. The van der Waals surface area contributed by atoms with E-state index in [1.54, 1.807) is 12.0 Å². The number of likely N-dealkylation sites (N-methyl/N-ethyl adjacent to an activating group) is 1. The fourth-order valence-electron chi connectivity index (χ4n) is 1.89. The first-order valence-corrected chi connectivity index (χ1v) is 6.95. The Balaban J connectivity index is 2.41. The molecule has 0 aliphatic carbocycles. The van der Waals surface area contributed by atoms with Crippen molar-refractivity contribution in [2.24, 2.45) is 0 Å². The van der Waals surface area contributed by atoms with Crippen molar-refractivity contribution in [2.75, 3.05) is 27.3 Å². The number of ether oxygens (including phenoxy) is 1. The van der Waals surface area contributed by atoms with E-state index >= 15 is 0 Å². The first-order valence-electron chi connectivity index (χ1n) is 6.95. The number of hydrogen-bond acceptors (Lipinski definition) is 3. The Bertz CT molecular complexity index is 423. The van der Waals surface area contributed by atoms with Crippen LogP contribution in [0.2, 0.25) is 0 Å². The molecule has 5 nitrogen and oxygen atoms in total. The predicted octanol–water partition coefficient (Wildman–Crippen LogP) is 2.00. The van der Waals surface area contributed by atoms with Crippen molar-refractivity contribution in [1.29, 1.82) is 0 Å². The normalized spacial score (nSPS) is 12.0. The molecular weight excluding hydrogens is 254 g/mol. The number of amides is 2. The van der Waals surface area contributed by atoms with E-state index < -0.39 is 0 Å². The van der Waals surface area contributed by atoms with Crippen molar-refractivity contribution in [3.05, 3.63) is 29.6 Å². The lowest BCUT2D eigenvalue weighted by molar-refractivity contribution is 0.183.